The lowest BCUT2D eigenvalue weighted by Gasteiger charge is -2.12. The van der Waals surface area contributed by atoms with Crippen molar-refractivity contribution in [2.24, 2.45) is 0 Å². The van der Waals surface area contributed by atoms with Crippen molar-refractivity contribution in [3.05, 3.63) is 48.3 Å². The summed E-state index contributed by atoms with van der Waals surface area (Å²) in [5.41, 5.74) is 2.61. The monoisotopic (exact) mass is 372 g/mol. The maximum atomic E-state index is 13.3. The summed E-state index contributed by atoms with van der Waals surface area (Å²) in [5.74, 6) is 0.745. The summed E-state index contributed by atoms with van der Waals surface area (Å²) in [6.07, 6.45) is 1.97. The van der Waals surface area contributed by atoms with Gasteiger partial charge in [0.1, 0.15) is 18.6 Å². The highest BCUT2D eigenvalue weighted by Gasteiger charge is 2.13. The van der Waals surface area contributed by atoms with Gasteiger partial charge in [-0.25, -0.2) is 24.0 Å². The first kappa shape index (κ1) is 18.7. The Morgan fingerprint density at radius 2 is 2.19 bits per heavy atom. The number of nitrogens with one attached hydrogen (secondary N) is 1. The van der Waals surface area contributed by atoms with Crippen molar-refractivity contribution in [1.82, 2.24) is 24.7 Å². The van der Waals surface area contributed by atoms with Crippen LogP contribution in [0.1, 0.15) is 25.4 Å². The summed E-state index contributed by atoms with van der Waals surface area (Å²) in [5, 5.41) is 15.9. The largest absolute Gasteiger partial charge is 0.476 e. The average molecular weight is 372 g/mol. The molecule has 0 bridgehead atoms. The number of rotatable bonds is 8. The minimum atomic E-state index is -1.17. The molecule has 0 aliphatic carbocycles. The van der Waals surface area contributed by atoms with Gasteiger partial charge >= 0.3 is 0 Å². The summed E-state index contributed by atoms with van der Waals surface area (Å²) in [4.78, 5) is 13.0. The van der Waals surface area contributed by atoms with Crippen LogP contribution in [0.5, 0.6) is 5.88 Å². The van der Waals surface area contributed by atoms with Crippen LogP contribution in [-0.4, -0.2) is 42.7 Å². The molecule has 2 heterocycles. The highest BCUT2D eigenvalue weighted by molar-refractivity contribution is 5.68. The molecule has 2 N–H and O–H groups in total. The smallest absolute Gasteiger partial charge is 0.240 e. The van der Waals surface area contributed by atoms with Gasteiger partial charge in [-0.2, -0.15) is 5.10 Å². The number of aromatic nitrogens is 5. The second-order valence-electron chi connectivity index (χ2n) is 5.81. The van der Waals surface area contributed by atoms with Crippen LogP contribution >= 0.6 is 0 Å². The molecular formula is C18H21FN6O2. The zero-order valence-corrected chi connectivity index (χ0v) is 15.1. The van der Waals surface area contributed by atoms with Crippen molar-refractivity contribution in [3.63, 3.8) is 0 Å². The van der Waals surface area contributed by atoms with Gasteiger partial charge in [0, 0.05) is 11.3 Å². The number of nitrogens with zero attached hydrogens (tertiary/aromatic N) is 5. The van der Waals surface area contributed by atoms with E-state index in [9.17, 15) is 4.39 Å². The minimum Gasteiger partial charge on any atom is -0.476 e. The standard InChI is InChI=1S/C18H21FN6O2/c1-3-27-18-17(13-5-4-6-14(7-13)22-12(2)19)23-15(8-20-18)9-25-11-21-16(10-26)24-25/h4-8,11-12,22,26H,3,9-10H2,1-2H3. The summed E-state index contributed by atoms with van der Waals surface area (Å²) in [6, 6.07) is 7.26. The van der Waals surface area contributed by atoms with Gasteiger partial charge in [0.2, 0.25) is 5.88 Å². The molecule has 1 aromatic carbocycles. The van der Waals surface area contributed by atoms with Crippen LogP contribution in [0.25, 0.3) is 11.3 Å². The van der Waals surface area contributed by atoms with E-state index in [2.05, 4.69) is 25.4 Å². The van der Waals surface area contributed by atoms with Crippen LogP contribution in [0.2, 0.25) is 0 Å². The lowest BCUT2D eigenvalue weighted by atomic mass is 10.1. The average Bonchev–Trinajstić information content (AvgIpc) is 3.10. The zero-order valence-electron chi connectivity index (χ0n) is 15.1. The predicted molar refractivity (Wildman–Crippen MR) is 97.9 cm³/mol. The van der Waals surface area contributed by atoms with Crippen LogP contribution in [0.4, 0.5) is 10.1 Å². The molecule has 0 saturated heterocycles. The molecule has 0 fully saturated rings. The first-order chi connectivity index (χ1) is 13.1. The molecule has 2 aromatic heterocycles. The quantitative estimate of drug-likeness (QED) is 0.586. The van der Waals surface area contributed by atoms with E-state index in [1.807, 2.05) is 19.1 Å². The van der Waals surface area contributed by atoms with E-state index in [0.29, 0.717) is 41.9 Å². The molecule has 0 saturated carbocycles. The van der Waals surface area contributed by atoms with Crippen LogP contribution in [0, 0.1) is 0 Å². The Kier molecular flexibility index (Phi) is 5.92. The predicted octanol–water partition coefficient (Wildman–Crippen LogP) is 2.40. The van der Waals surface area contributed by atoms with Crippen molar-refractivity contribution in [2.45, 2.75) is 33.3 Å². The zero-order chi connectivity index (χ0) is 19.2. The fraction of sp³-hybridized carbons (Fsp3) is 0.333. The van der Waals surface area contributed by atoms with E-state index < -0.39 is 6.30 Å². The molecule has 27 heavy (non-hydrogen) atoms. The van der Waals surface area contributed by atoms with Crippen molar-refractivity contribution in [3.8, 4) is 17.1 Å². The molecule has 1 atom stereocenters. The highest BCUT2D eigenvalue weighted by atomic mass is 19.1. The van der Waals surface area contributed by atoms with Crippen molar-refractivity contribution >= 4 is 5.69 Å². The second-order valence-corrected chi connectivity index (χ2v) is 5.81. The number of hydrogen-bond acceptors (Lipinski definition) is 7. The summed E-state index contributed by atoms with van der Waals surface area (Å²) >= 11 is 0. The maximum Gasteiger partial charge on any atom is 0.240 e. The molecular weight excluding hydrogens is 351 g/mol. The van der Waals surface area contributed by atoms with E-state index in [-0.39, 0.29) is 6.61 Å². The van der Waals surface area contributed by atoms with E-state index in [0.717, 1.165) is 5.56 Å². The number of ether oxygens (including phenoxy) is 1. The Bertz CT molecular complexity index is 899. The fourth-order valence-corrected chi connectivity index (χ4v) is 2.55. The Morgan fingerprint density at radius 3 is 2.89 bits per heavy atom. The third-order valence-electron chi connectivity index (χ3n) is 3.62. The summed E-state index contributed by atoms with van der Waals surface area (Å²) in [7, 11) is 0. The molecule has 1 unspecified atom stereocenters. The molecule has 0 amide bonds. The number of halogens is 1. The lowest BCUT2D eigenvalue weighted by Crippen LogP contribution is -2.08. The van der Waals surface area contributed by atoms with Gasteiger partial charge < -0.3 is 15.2 Å². The van der Waals surface area contributed by atoms with E-state index in [1.54, 1.807) is 23.0 Å². The van der Waals surface area contributed by atoms with Gasteiger partial charge in [-0.1, -0.05) is 12.1 Å². The van der Waals surface area contributed by atoms with Gasteiger partial charge in [0.15, 0.2) is 12.1 Å². The fourth-order valence-electron chi connectivity index (χ4n) is 2.55. The number of benzene rings is 1. The summed E-state index contributed by atoms with van der Waals surface area (Å²) < 4.78 is 20.4. The van der Waals surface area contributed by atoms with Gasteiger partial charge in [-0.15, -0.1) is 0 Å². The number of aliphatic hydroxyl groups is 1. The van der Waals surface area contributed by atoms with E-state index in [1.165, 1.54) is 13.3 Å². The number of anilines is 1. The SMILES string of the molecule is CCOc1ncc(Cn2cnc(CO)n2)nc1-c1cccc(NC(C)F)c1. The van der Waals surface area contributed by atoms with Gasteiger partial charge in [-0.3, -0.25) is 0 Å². The molecule has 0 spiro atoms. The Morgan fingerprint density at radius 1 is 1.33 bits per heavy atom. The van der Waals surface area contributed by atoms with Crippen LogP contribution in [0.3, 0.4) is 0 Å². The van der Waals surface area contributed by atoms with E-state index in [4.69, 9.17) is 9.84 Å². The third-order valence-corrected chi connectivity index (χ3v) is 3.62. The summed E-state index contributed by atoms with van der Waals surface area (Å²) in [6.45, 7) is 3.87. The van der Waals surface area contributed by atoms with Crippen LogP contribution < -0.4 is 10.1 Å². The molecule has 3 aromatic rings. The molecule has 0 radical (unpaired) electrons. The van der Waals surface area contributed by atoms with Gasteiger partial charge in [0.25, 0.3) is 0 Å². The van der Waals surface area contributed by atoms with Crippen molar-refractivity contribution in [2.75, 3.05) is 11.9 Å². The van der Waals surface area contributed by atoms with Gasteiger partial charge in [0.05, 0.1) is 25.0 Å². The van der Waals surface area contributed by atoms with Crippen LogP contribution in [0.15, 0.2) is 36.8 Å². The number of aliphatic hydroxyl groups excluding tert-OH is 1. The van der Waals surface area contributed by atoms with Crippen molar-refractivity contribution in [1.29, 1.82) is 0 Å². The molecule has 8 nitrogen and oxygen atoms in total. The number of alkyl halides is 1. The van der Waals surface area contributed by atoms with Crippen LogP contribution in [-0.2, 0) is 13.2 Å². The third kappa shape index (κ3) is 4.76. The first-order valence-corrected chi connectivity index (χ1v) is 8.58. The Labute approximate surface area is 156 Å². The molecule has 9 heteroatoms. The molecule has 0 aliphatic rings. The Balaban J connectivity index is 1.94. The first-order valence-electron chi connectivity index (χ1n) is 8.58. The lowest BCUT2D eigenvalue weighted by molar-refractivity contribution is 0.270. The van der Waals surface area contributed by atoms with Crippen molar-refractivity contribution < 1.29 is 14.2 Å². The Hall–Kier alpha value is -3.07. The minimum absolute atomic E-state index is 0.222. The second kappa shape index (κ2) is 8.54. The topological polar surface area (TPSA) is 98.0 Å². The number of hydrogen-bond donors (Lipinski definition) is 2. The van der Waals surface area contributed by atoms with E-state index >= 15 is 0 Å². The maximum absolute atomic E-state index is 13.3. The molecule has 3 rings (SSSR count). The highest BCUT2D eigenvalue weighted by Crippen LogP contribution is 2.28. The van der Waals surface area contributed by atoms with Gasteiger partial charge in [-0.05, 0) is 26.0 Å². The normalized spacial score (nSPS) is 12.0. The molecule has 0 aliphatic heterocycles. The molecule has 142 valence electrons.